The minimum atomic E-state index is -4.48. The van der Waals surface area contributed by atoms with Crippen LogP contribution in [0.5, 0.6) is 0 Å². The maximum atomic E-state index is 12.6. The molecule has 0 bridgehead atoms. The Balaban J connectivity index is 0.00000300. The van der Waals surface area contributed by atoms with Crippen molar-refractivity contribution in [2.45, 2.75) is 17.5 Å². The van der Waals surface area contributed by atoms with Crippen molar-refractivity contribution in [1.82, 2.24) is 5.32 Å². The van der Waals surface area contributed by atoms with Crippen LogP contribution in [-0.2, 0) is 16.2 Å². The molecule has 0 saturated carbocycles. The van der Waals surface area contributed by atoms with Gasteiger partial charge in [-0.2, -0.15) is 13.2 Å². The van der Waals surface area contributed by atoms with Gasteiger partial charge in [-0.15, -0.1) is 12.4 Å². The summed E-state index contributed by atoms with van der Waals surface area (Å²) in [5, 5.41) is 3.28. The zero-order valence-electron chi connectivity index (χ0n) is 15.4. The van der Waals surface area contributed by atoms with Gasteiger partial charge in [0.1, 0.15) is 0 Å². The molecule has 160 valence electrons. The van der Waals surface area contributed by atoms with Crippen LogP contribution in [-0.4, -0.2) is 34.6 Å². The Morgan fingerprint density at radius 3 is 2.34 bits per heavy atom. The molecule has 0 radical (unpaired) electrons. The summed E-state index contributed by atoms with van der Waals surface area (Å²) in [6.07, 6.45) is -3.53. The number of halogens is 4. The number of sulfonamides is 1. The lowest BCUT2D eigenvalue weighted by Gasteiger charge is -2.24. The van der Waals surface area contributed by atoms with Crippen molar-refractivity contribution in [3.8, 4) is 0 Å². The first-order valence-corrected chi connectivity index (χ1v) is 10.2. The van der Waals surface area contributed by atoms with Crippen LogP contribution in [0.4, 0.5) is 30.2 Å². The first kappa shape index (κ1) is 23.1. The molecule has 0 aliphatic carbocycles. The lowest BCUT2D eigenvalue weighted by Crippen LogP contribution is -2.28. The number of alkyl halides is 3. The lowest BCUT2D eigenvalue weighted by molar-refractivity contribution is -0.137. The second kappa shape index (κ2) is 9.10. The Bertz CT molecular complexity index is 929. The third kappa shape index (κ3) is 5.68. The molecule has 0 atom stereocenters. The Kier molecular flexibility index (Phi) is 7.25. The van der Waals surface area contributed by atoms with E-state index in [9.17, 15) is 21.6 Å². The number of hydrogen-bond acceptors (Lipinski definition) is 5. The minimum absolute atomic E-state index is 0. The van der Waals surface area contributed by atoms with Gasteiger partial charge in [0.05, 0.1) is 21.8 Å². The SMILES string of the molecule is Cl.Nc1cc(S(=O)(=O)Nc2ccc(C(F)(F)F)cc2)ccc1N1CCCNCC1. The van der Waals surface area contributed by atoms with Crippen LogP contribution in [0.2, 0.25) is 0 Å². The minimum Gasteiger partial charge on any atom is -0.397 e. The van der Waals surface area contributed by atoms with Gasteiger partial charge in [-0.25, -0.2) is 8.42 Å². The number of nitrogens with zero attached hydrogens (tertiary/aromatic N) is 1. The number of hydrogen-bond donors (Lipinski definition) is 3. The Hall–Kier alpha value is -2.17. The van der Waals surface area contributed by atoms with E-state index >= 15 is 0 Å². The molecule has 0 unspecified atom stereocenters. The zero-order chi connectivity index (χ0) is 20.4. The molecule has 4 N–H and O–H groups in total. The van der Waals surface area contributed by atoms with Gasteiger partial charge in [0.2, 0.25) is 0 Å². The van der Waals surface area contributed by atoms with Crippen molar-refractivity contribution in [3.05, 3.63) is 48.0 Å². The van der Waals surface area contributed by atoms with E-state index in [1.165, 1.54) is 12.1 Å². The number of nitrogens with two attached hydrogens (primary N) is 1. The van der Waals surface area contributed by atoms with Crippen molar-refractivity contribution in [1.29, 1.82) is 0 Å². The molecule has 0 spiro atoms. The van der Waals surface area contributed by atoms with Crippen LogP contribution < -0.4 is 20.7 Å². The predicted octanol–water partition coefficient (Wildman–Crippen LogP) is 3.31. The van der Waals surface area contributed by atoms with Crippen molar-refractivity contribution in [2.75, 3.05) is 41.5 Å². The van der Waals surface area contributed by atoms with Gasteiger partial charge < -0.3 is 16.0 Å². The van der Waals surface area contributed by atoms with Gasteiger partial charge in [0, 0.05) is 25.3 Å². The normalized spacial score (nSPS) is 15.3. The smallest absolute Gasteiger partial charge is 0.397 e. The molecule has 3 rings (SSSR count). The first-order valence-electron chi connectivity index (χ1n) is 8.72. The molecular formula is C18H22ClF3N4O2S. The van der Waals surface area contributed by atoms with Gasteiger partial charge in [0.25, 0.3) is 10.0 Å². The average molecular weight is 451 g/mol. The summed E-state index contributed by atoms with van der Waals surface area (Å²) in [6.45, 7) is 3.31. The van der Waals surface area contributed by atoms with E-state index in [0.29, 0.717) is 5.69 Å². The van der Waals surface area contributed by atoms with E-state index in [1.54, 1.807) is 6.07 Å². The standard InChI is InChI=1S/C18H21F3N4O2S.ClH/c19-18(20,21)13-2-4-14(5-3-13)24-28(26,27)15-6-7-17(16(22)12-15)25-10-1-8-23-9-11-25;/h2-7,12,23-24H,1,8-11,22H2;1H. The van der Waals surface area contributed by atoms with E-state index in [0.717, 1.165) is 62.6 Å². The molecule has 0 amide bonds. The summed E-state index contributed by atoms with van der Waals surface area (Å²) < 4.78 is 65.3. The monoisotopic (exact) mass is 450 g/mol. The van der Waals surface area contributed by atoms with Gasteiger partial charge >= 0.3 is 6.18 Å². The van der Waals surface area contributed by atoms with Crippen LogP contribution >= 0.6 is 12.4 Å². The largest absolute Gasteiger partial charge is 0.416 e. The highest BCUT2D eigenvalue weighted by Gasteiger charge is 2.30. The van der Waals surface area contributed by atoms with Crippen LogP contribution in [0, 0.1) is 0 Å². The highest BCUT2D eigenvalue weighted by atomic mass is 35.5. The van der Waals surface area contributed by atoms with Gasteiger partial charge in [-0.3, -0.25) is 4.72 Å². The predicted molar refractivity (Wildman–Crippen MR) is 110 cm³/mol. The fourth-order valence-electron chi connectivity index (χ4n) is 3.02. The average Bonchev–Trinajstić information content (AvgIpc) is 2.90. The molecule has 1 saturated heterocycles. The molecule has 29 heavy (non-hydrogen) atoms. The second-order valence-electron chi connectivity index (χ2n) is 6.49. The van der Waals surface area contributed by atoms with Gasteiger partial charge in [-0.1, -0.05) is 0 Å². The molecule has 11 heteroatoms. The van der Waals surface area contributed by atoms with E-state index in [2.05, 4.69) is 14.9 Å². The van der Waals surface area contributed by atoms with E-state index in [-0.39, 0.29) is 23.0 Å². The van der Waals surface area contributed by atoms with E-state index in [1.807, 2.05) is 0 Å². The Labute approximate surface area is 173 Å². The maximum Gasteiger partial charge on any atom is 0.416 e. The quantitative estimate of drug-likeness (QED) is 0.622. The summed E-state index contributed by atoms with van der Waals surface area (Å²) in [7, 11) is -3.98. The molecular weight excluding hydrogens is 429 g/mol. The van der Waals surface area contributed by atoms with Crippen molar-refractivity contribution >= 4 is 39.5 Å². The lowest BCUT2D eigenvalue weighted by atomic mass is 10.2. The summed E-state index contributed by atoms with van der Waals surface area (Å²) in [4.78, 5) is 2.04. The highest BCUT2D eigenvalue weighted by Crippen LogP contribution is 2.31. The zero-order valence-corrected chi connectivity index (χ0v) is 17.0. The molecule has 1 aliphatic rings. The highest BCUT2D eigenvalue weighted by molar-refractivity contribution is 7.92. The molecule has 2 aromatic rings. The number of anilines is 3. The van der Waals surface area contributed by atoms with Crippen molar-refractivity contribution < 1.29 is 21.6 Å². The van der Waals surface area contributed by atoms with Gasteiger partial charge in [0.15, 0.2) is 0 Å². The fraction of sp³-hybridized carbons (Fsp3) is 0.333. The van der Waals surface area contributed by atoms with Crippen LogP contribution in [0.15, 0.2) is 47.4 Å². The maximum absolute atomic E-state index is 12.6. The van der Waals surface area contributed by atoms with Crippen molar-refractivity contribution in [2.24, 2.45) is 0 Å². The van der Waals surface area contributed by atoms with Crippen LogP contribution in [0.3, 0.4) is 0 Å². The molecule has 1 fully saturated rings. The molecule has 6 nitrogen and oxygen atoms in total. The van der Waals surface area contributed by atoms with Crippen LogP contribution in [0.1, 0.15) is 12.0 Å². The molecule has 0 aromatic heterocycles. The Morgan fingerprint density at radius 1 is 1.03 bits per heavy atom. The Morgan fingerprint density at radius 2 is 1.72 bits per heavy atom. The fourth-order valence-corrected chi connectivity index (χ4v) is 4.11. The number of benzene rings is 2. The number of nitrogen functional groups attached to an aromatic ring is 1. The summed E-state index contributed by atoms with van der Waals surface area (Å²) in [6, 6.07) is 8.24. The van der Waals surface area contributed by atoms with Gasteiger partial charge in [-0.05, 0) is 55.4 Å². The number of nitrogens with one attached hydrogen (secondary N) is 2. The van der Waals surface area contributed by atoms with E-state index < -0.39 is 21.8 Å². The number of rotatable bonds is 4. The third-order valence-corrected chi connectivity index (χ3v) is 5.83. The second-order valence-corrected chi connectivity index (χ2v) is 8.17. The summed E-state index contributed by atoms with van der Waals surface area (Å²) in [5.41, 5.74) is 6.36. The molecule has 1 aliphatic heterocycles. The molecule has 2 aromatic carbocycles. The summed E-state index contributed by atoms with van der Waals surface area (Å²) >= 11 is 0. The van der Waals surface area contributed by atoms with Crippen LogP contribution in [0.25, 0.3) is 0 Å². The molecule has 1 heterocycles. The van der Waals surface area contributed by atoms with Crippen molar-refractivity contribution in [3.63, 3.8) is 0 Å². The first-order chi connectivity index (χ1) is 13.2. The van der Waals surface area contributed by atoms with E-state index in [4.69, 9.17) is 5.73 Å². The topological polar surface area (TPSA) is 87.5 Å². The summed E-state index contributed by atoms with van der Waals surface area (Å²) in [5.74, 6) is 0. The third-order valence-electron chi connectivity index (χ3n) is 4.45.